The molecule has 0 unspecified atom stereocenters. The maximum Gasteiger partial charge on any atom is 0.340 e. The monoisotopic (exact) mass is 305 g/mol. The van der Waals surface area contributed by atoms with Crippen LogP contribution >= 0.6 is 11.6 Å². The van der Waals surface area contributed by atoms with Gasteiger partial charge in [0.2, 0.25) is 0 Å². The van der Waals surface area contributed by atoms with E-state index in [4.69, 9.17) is 22.1 Å². The Morgan fingerprint density at radius 1 is 1.48 bits per heavy atom. The Balaban J connectivity index is 2.31. The number of pyridine rings is 1. The van der Waals surface area contributed by atoms with Crippen LogP contribution in [0.5, 0.6) is 0 Å². The molecule has 3 N–H and O–H groups in total. The van der Waals surface area contributed by atoms with Crippen LogP contribution in [0.25, 0.3) is 0 Å². The molecule has 5 nitrogen and oxygen atoms in total. The number of aromatic nitrogens is 1. The largest absolute Gasteiger partial charge is 0.465 e. The average molecular weight is 306 g/mol. The molecular formula is C15H16ClN3O2. The summed E-state index contributed by atoms with van der Waals surface area (Å²) in [6, 6.07) is 5.04. The third-order valence-electron chi connectivity index (χ3n) is 3.11. The number of anilines is 2. The molecule has 0 spiro atoms. The van der Waals surface area contributed by atoms with Crippen molar-refractivity contribution >= 4 is 28.9 Å². The van der Waals surface area contributed by atoms with Gasteiger partial charge in [-0.1, -0.05) is 11.6 Å². The fourth-order valence-electron chi connectivity index (χ4n) is 1.96. The van der Waals surface area contributed by atoms with E-state index in [2.05, 4.69) is 10.3 Å². The van der Waals surface area contributed by atoms with Crippen molar-refractivity contribution in [3.05, 3.63) is 52.3 Å². The van der Waals surface area contributed by atoms with Crippen molar-refractivity contribution in [1.29, 1.82) is 0 Å². The molecule has 0 radical (unpaired) electrons. The molecule has 1 aromatic carbocycles. The Morgan fingerprint density at radius 3 is 2.90 bits per heavy atom. The van der Waals surface area contributed by atoms with Gasteiger partial charge in [0, 0.05) is 24.6 Å². The maximum absolute atomic E-state index is 11.8. The number of nitrogens with zero attached hydrogens (tertiary/aromatic N) is 1. The molecule has 110 valence electrons. The number of rotatable bonds is 4. The number of aryl methyl sites for hydroxylation is 1. The van der Waals surface area contributed by atoms with Gasteiger partial charge >= 0.3 is 5.97 Å². The lowest BCUT2D eigenvalue weighted by atomic mass is 10.1. The van der Waals surface area contributed by atoms with Gasteiger partial charge in [0.15, 0.2) is 0 Å². The zero-order valence-electron chi connectivity index (χ0n) is 11.8. The number of nitrogens with two attached hydrogens (primary N) is 1. The first-order valence-corrected chi connectivity index (χ1v) is 6.71. The number of hydrogen-bond donors (Lipinski definition) is 2. The molecule has 2 rings (SSSR count). The summed E-state index contributed by atoms with van der Waals surface area (Å²) in [7, 11) is 1.32. The molecule has 1 heterocycles. The van der Waals surface area contributed by atoms with Gasteiger partial charge in [-0.2, -0.15) is 0 Å². The van der Waals surface area contributed by atoms with Crippen LogP contribution in [0.2, 0.25) is 5.02 Å². The number of hydrogen-bond acceptors (Lipinski definition) is 5. The van der Waals surface area contributed by atoms with Crippen LogP contribution in [-0.4, -0.2) is 18.1 Å². The fourth-order valence-corrected chi connectivity index (χ4v) is 2.26. The van der Waals surface area contributed by atoms with Gasteiger partial charge in [0.05, 0.1) is 23.4 Å². The van der Waals surface area contributed by atoms with Crippen LogP contribution in [-0.2, 0) is 11.3 Å². The van der Waals surface area contributed by atoms with Gasteiger partial charge in [-0.15, -0.1) is 0 Å². The molecule has 0 bridgehead atoms. The summed E-state index contributed by atoms with van der Waals surface area (Å²) in [5.41, 5.74) is 9.07. The number of carbonyl (C=O) groups excluding carboxylic acids is 1. The second-order valence-electron chi connectivity index (χ2n) is 4.57. The molecule has 1 aromatic heterocycles. The van der Waals surface area contributed by atoms with Crippen LogP contribution in [0.3, 0.4) is 0 Å². The van der Waals surface area contributed by atoms with Crippen molar-refractivity contribution in [3.8, 4) is 0 Å². The van der Waals surface area contributed by atoms with E-state index in [0.717, 1.165) is 11.1 Å². The average Bonchev–Trinajstić information content (AvgIpc) is 2.46. The number of nitrogen functional groups attached to an aromatic ring is 1. The van der Waals surface area contributed by atoms with Crippen LogP contribution in [0.4, 0.5) is 11.4 Å². The highest BCUT2D eigenvalue weighted by Gasteiger charge is 2.16. The molecule has 21 heavy (non-hydrogen) atoms. The summed E-state index contributed by atoms with van der Waals surface area (Å²) < 4.78 is 4.76. The van der Waals surface area contributed by atoms with Crippen molar-refractivity contribution < 1.29 is 9.53 Å². The highest BCUT2D eigenvalue weighted by molar-refractivity contribution is 6.34. The number of nitrogens with one attached hydrogen (secondary N) is 1. The van der Waals surface area contributed by atoms with Gasteiger partial charge in [-0.25, -0.2) is 4.79 Å². The predicted molar refractivity (Wildman–Crippen MR) is 83.5 cm³/mol. The Bertz CT molecular complexity index is 674. The van der Waals surface area contributed by atoms with Gasteiger partial charge in [0.25, 0.3) is 0 Å². The van der Waals surface area contributed by atoms with E-state index in [-0.39, 0.29) is 0 Å². The maximum atomic E-state index is 11.8. The topological polar surface area (TPSA) is 77.2 Å². The third-order valence-corrected chi connectivity index (χ3v) is 3.41. The second-order valence-corrected chi connectivity index (χ2v) is 4.98. The molecule has 0 aliphatic carbocycles. The van der Waals surface area contributed by atoms with Gasteiger partial charge in [0.1, 0.15) is 0 Å². The van der Waals surface area contributed by atoms with E-state index in [1.54, 1.807) is 24.5 Å². The highest BCUT2D eigenvalue weighted by atomic mass is 35.5. The van der Waals surface area contributed by atoms with Gasteiger partial charge < -0.3 is 15.8 Å². The van der Waals surface area contributed by atoms with Crippen molar-refractivity contribution in [2.75, 3.05) is 18.2 Å². The molecule has 0 atom stereocenters. The van der Waals surface area contributed by atoms with Crippen LogP contribution in [0, 0.1) is 6.92 Å². The number of carbonyl (C=O) groups is 1. The SMILES string of the molecule is COC(=O)c1cc(N)cc(Cl)c1NCc1ccncc1C. The van der Waals surface area contributed by atoms with Crippen molar-refractivity contribution in [2.24, 2.45) is 0 Å². The standard InChI is InChI=1S/C15H16ClN3O2/c1-9-7-18-4-3-10(9)8-19-14-12(15(20)21-2)5-11(17)6-13(14)16/h3-7,19H,8,17H2,1-2H3. The Hall–Kier alpha value is -2.27. The fraction of sp³-hybridized carbons (Fsp3) is 0.200. The van der Waals surface area contributed by atoms with E-state index >= 15 is 0 Å². The molecule has 2 aromatic rings. The summed E-state index contributed by atoms with van der Waals surface area (Å²) in [4.78, 5) is 15.9. The summed E-state index contributed by atoms with van der Waals surface area (Å²) in [5.74, 6) is -0.488. The molecule has 6 heteroatoms. The number of methoxy groups -OCH3 is 1. The van der Waals surface area contributed by atoms with Crippen LogP contribution in [0.15, 0.2) is 30.6 Å². The lowest BCUT2D eigenvalue weighted by Crippen LogP contribution is -2.10. The molecule has 0 aliphatic heterocycles. The van der Waals surface area contributed by atoms with Crippen LogP contribution in [0.1, 0.15) is 21.5 Å². The number of halogens is 1. The second kappa shape index (κ2) is 6.45. The quantitative estimate of drug-likeness (QED) is 0.670. The Kier molecular flexibility index (Phi) is 4.65. The lowest BCUT2D eigenvalue weighted by Gasteiger charge is -2.14. The van der Waals surface area contributed by atoms with E-state index in [9.17, 15) is 4.79 Å². The summed E-state index contributed by atoms with van der Waals surface area (Å²) in [6.45, 7) is 2.48. The van der Waals surface area contributed by atoms with Crippen LogP contribution < -0.4 is 11.1 Å². The molecule has 0 amide bonds. The van der Waals surface area contributed by atoms with Gasteiger partial charge in [-0.05, 0) is 36.2 Å². The molecule has 0 fully saturated rings. The minimum absolute atomic E-state index is 0.314. The Morgan fingerprint density at radius 2 is 2.24 bits per heavy atom. The van der Waals surface area contributed by atoms with Crippen molar-refractivity contribution in [2.45, 2.75) is 13.5 Å². The Labute approximate surface area is 128 Å². The first-order valence-electron chi connectivity index (χ1n) is 6.33. The molecule has 0 saturated heterocycles. The normalized spacial score (nSPS) is 10.2. The minimum atomic E-state index is -0.488. The third kappa shape index (κ3) is 3.44. The smallest absolute Gasteiger partial charge is 0.340 e. The lowest BCUT2D eigenvalue weighted by molar-refractivity contribution is 0.0602. The predicted octanol–water partition coefficient (Wildman–Crippen LogP) is 3.02. The van der Waals surface area contributed by atoms with E-state index < -0.39 is 5.97 Å². The van der Waals surface area contributed by atoms with Crippen molar-refractivity contribution in [1.82, 2.24) is 4.98 Å². The summed E-state index contributed by atoms with van der Waals surface area (Å²) in [6.07, 6.45) is 3.50. The van der Waals surface area contributed by atoms with E-state index in [1.807, 2.05) is 13.0 Å². The van der Waals surface area contributed by atoms with Crippen molar-refractivity contribution in [3.63, 3.8) is 0 Å². The molecular weight excluding hydrogens is 290 g/mol. The minimum Gasteiger partial charge on any atom is -0.465 e. The zero-order chi connectivity index (χ0) is 15.4. The molecule has 0 saturated carbocycles. The number of benzene rings is 1. The van der Waals surface area contributed by atoms with E-state index in [0.29, 0.717) is 28.5 Å². The summed E-state index contributed by atoms with van der Waals surface area (Å²) in [5, 5.41) is 3.54. The van der Waals surface area contributed by atoms with Gasteiger partial charge in [-0.3, -0.25) is 4.98 Å². The zero-order valence-corrected chi connectivity index (χ0v) is 12.6. The first kappa shape index (κ1) is 15.1. The number of ether oxygens (including phenoxy) is 1. The number of esters is 1. The molecule has 0 aliphatic rings. The first-order chi connectivity index (χ1) is 10.0. The van der Waals surface area contributed by atoms with E-state index in [1.165, 1.54) is 7.11 Å². The highest BCUT2D eigenvalue weighted by Crippen LogP contribution is 2.30. The summed E-state index contributed by atoms with van der Waals surface area (Å²) >= 11 is 6.18.